The number of aromatic nitrogens is 1. The number of thiazole rings is 1. The lowest BCUT2D eigenvalue weighted by molar-refractivity contribution is 0.215. The molecule has 6 heteroatoms. The third kappa shape index (κ3) is 3.04. The second-order valence-electron chi connectivity index (χ2n) is 3.84. The fourth-order valence-corrected chi connectivity index (χ4v) is 3.03. The maximum absolute atomic E-state index is 11.7. The summed E-state index contributed by atoms with van der Waals surface area (Å²) in [6.07, 6.45) is -0.539. The van der Waals surface area contributed by atoms with Crippen LogP contribution in [0.2, 0.25) is 0 Å². The van der Waals surface area contributed by atoms with Crippen LogP contribution < -0.4 is 10.1 Å². The molecule has 2 aromatic heterocycles. The van der Waals surface area contributed by atoms with Gasteiger partial charge in [0, 0.05) is 5.38 Å². The first-order chi connectivity index (χ1) is 9.81. The zero-order chi connectivity index (χ0) is 13.8. The Labute approximate surface area is 123 Å². The molecule has 0 saturated carbocycles. The second-order valence-corrected chi connectivity index (χ2v) is 5.65. The molecule has 1 aromatic carbocycles. The van der Waals surface area contributed by atoms with E-state index in [0.29, 0.717) is 10.9 Å². The number of nitrogens with one attached hydrogen (secondary N) is 1. The van der Waals surface area contributed by atoms with Crippen molar-refractivity contribution in [1.29, 1.82) is 0 Å². The quantitative estimate of drug-likeness (QED) is 0.776. The SMILES string of the molecule is O=C(Nc1nc(-c2cccs2)cs1)Oc1ccccc1. The Morgan fingerprint density at radius 3 is 2.70 bits per heavy atom. The van der Waals surface area contributed by atoms with Gasteiger partial charge in [-0.25, -0.2) is 9.78 Å². The number of amides is 1. The summed E-state index contributed by atoms with van der Waals surface area (Å²) in [6, 6.07) is 12.9. The molecule has 0 atom stereocenters. The fourth-order valence-electron chi connectivity index (χ4n) is 1.58. The number of nitrogens with zero attached hydrogens (tertiary/aromatic N) is 1. The molecule has 0 aliphatic rings. The van der Waals surface area contributed by atoms with Gasteiger partial charge < -0.3 is 4.74 Å². The van der Waals surface area contributed by atoms with Gasteiger partial charge in [-0.2, -0.15) is 0 Å². The van der Waals surface area contributed by atoms with Gasteiger partial charge in [0.15, 0.2) is 5.13 Å². The summed E-state index contributed by atoms with van der Waals surface area (Å²) < 4.78 is 5.14. The Morgan fingerprint density at radius 1 is 1.10 bits per heavy atom. The second kappa shape index (κ2) is 5.85. The van der Waals surface area contributed by atoms with Gasteiger partial charge >= 0.3 is 6.09 Å². The summed E-state index contributed by atoms with van der Waals surface area (Å²) in [6.45, 7) is 0. The predicted molar refractivity (Wildman–Crippen MR) is 81.5 cm³/mol. The molecule has 0 fully saturated rings. The Balaban J connectivity index is 1.65. The molecule has 1 N–H and O–H groups in total. The molecule has 0 bridgehead atoms. The molecule has 0 spiro atoms. The van der Waals surface area contributed by atoms with E-state index in [2.05, 4.69) is 10.3 Å². The van der Waals surface area contributed by atoms with Crippen molar-refractivity contribution in [2.45, 2.75) is 0 Å². The average molecular weight is 302 g/mol. The number of carbonyl (C=O) groups excluding carboxylic acids is 1. The van der Waals surface area contributed by atoms with Gasteiger partial charge in [-0.15, -0.1) is 22.7 Å². The molecule has 1 amide bonds. The van der Waals surface area contributed by atoms with E-state index in [1.807, 2.05) is 29.0 Å². The lowest BCUT2D eigenvalue weighted by Crippen LogP contribution is -2.16. The van der Waals surface area contributed by atoms with Crippen molar-refractivity contribution in [3.05, 3.63) is 53.2 Å². The van der Waals surface area contributed by atoms with Crippen LogP contribution >= 0.6 is 22.7 Å². The van der Waals surface area contributed by atoms with E-state index in [1.54, 1.807) is 35.6 Å². The van der Waals surface area contributed by atoms with E-state index in [9.17, 15) is 4.79 Å². The van der Waals surface area contributed by atoms with Crippen LogP contribution in [-0.2, 0) is 0 Å². The Bertz CT molecular complexity index is 693. The van der Waals surface area contributed by atoms with Gasteiger partial charge in [0.25, 0.3) is 0 Å². The molecule has 0 aliphatic heterocycles. The molecule has 0 radical (unpaired) electrons. The molecule has 20 heavy (non-hydrogen) atoms. The predicted octanol–water partition coefficient (Wildman–Crippen LogP) is 4.48. The van der Waals surface area contributed by atoms with E-state index in [1.165, 1.54) is 11.3 Å². The fraction of sp³-hybridized carbons (Fsp3) is 0. The molecule has 3 aromatic rings. The zero-order valence-electron chi connectivity index (χ0n) is 10.3. The van der Waals surface area contributed by atoms with Crippen molar-refractivity contribution in [2.24, 2.45) is 0 Å². The minimum absolute atomic E-state index is 0.500. The van der Waals surface area contributed by atoms with Crippen LogP contribution in [-0.4, -0.2) is 11.1 Å². The highest BCUT2D eigenvalue weighted by Gasteiger charge is 2.09. The van der Waals surface area contributed by atoms with Crippen LogP contribution in [0.15, 0.2) is 53.2 Å². The maximum atomic E-state index is 11.7. The molecule has 0 aliphatic carbocycles. The van der Waals surface area contributed by atoms with Gasteiger partial charge in [0.2, 0.25) is 0 Å². The molecular weight excluding hydrogens is 292 g/mol. The van der Waals surface area contributed by atoms with E-state index >= 15 is 0 Å². The van der Waals surface area contributed by atoms with Crippen molar-refractivity contribution in [3.63, 3.8) is 0 Å². The lowest BCUT2D eigenvalue weighted by atomic mass is 10.3. The maximum Gasteiger partial charge on any atom is 0.418 e. The third-order valence-corrected chi connectivity index (χ3v) is 4.09. The average Bonchev–Trinajstić information content (AvgIpc) is 3.10. The Hall–Kier alpha value is -2.18. The molecule has 100 valence electrons. The molecule has 0 saturated heterocycles. The van der Waals surface area contributed by atoms with Crippen LogP contribution in [0.3, 0.4) is 0 Å². The topological polar surface area (TPSA) is 51.2 Å². The molecule has 4 nitrogen and oxygen atoms in total. The van der Waals surface area contributed by atoms with Crippen LogP contribution in [0.25, 0.3) is 10.6 Å². The van der Waals surface area contributed by atoms with Crippen molar-refractivity contribution < 1.29 is 9.53 Å². The van der Waals surface area contributed by atoms with Crippen molar-refractivity contribution >= 4 is 33.9 Å². The summed E-state index contributed by atoms with van der Waals surface area (Å²) in [4.78, 5) is 17.1. The number of anilines is 1. The minimum atomic E-state index is -0.539. The summed E-state index contributed by atoms with van der Waals surface area (Å²) in [5.41, 5.74) is 0.861. The van der Waals surface area contributed by atoms with E-state index in [-0.39, 0.29) is 0 Å². The summed E-state index contributed by atoms with van der Waals surface area (Å²) in [7, 11) is 0. The standard InChI is InChI=1S/C14H10N2O2S2/c17-14(18-10-5-2-1-3-6-10)16-13-15-11(9-20-13)12-7-4-8-19-12/h1-9H,(H,15,16,17). The van der Waals surface area contributed by atoms with Crippen LogP contribution in [0.1, 0.15) is 0 Å². The van der Waals surface area contributed by atoms with E-state index in [4.69, 9.17) is 4.74 Å². The van der Waals surface area contributed by atoms with Crippen LogP contribution in [0, 0.1) is 0 Å². The lowest BCUT2D eigenvalue weighted by Gasteiger charge is -2.03. The highest BCUT2D eigenvalue weighted by Crippen LogP contribution is 2.28. The number of ether oxygens (including phenoxy) is 1. The van der Waals surface area contributed by atoms with E-state index in [0.717, 1.165) is 10.6 Å². The number of hydrogen-bond acceptors (Lipinski definition) is 5. The normalized spacial score (nSPS) is 10.2. The Morgan fingerprint density at radius 2 is 1.95 bits per heavy atom. The van der Waals surface area contributed by atoms with Gasteiger partial charge in [-0.05, 0) is 23.6 Å². The third-order valence-electron chi connectivity index (χ3n) is 2.44. The first-order valence-corrected chi connectivity index (χ1v) is 7.60. The Kier molecular flexibility index (Phi) is 3.76. The first kappa shape index (κ1) is 12.8. The van der Waals surface area contributed by atoms with Crippen LogP contribution in [0.4, 0.5) is 9.93 Å². The van der Waals surface area contributed by atoms with Gasteiger partial charge in [-0.3, -0.25) is 5.32 Å². The smallest absolute Gasteiger partial charge is 0.410 e. The summed E-state index contributed by atoms with van der Waals surface area (Å²) in [5.74, 6) is 0.500. The van der Waals surface area contributed by atoms with Crippen molar-refractivity contribution in [1.82, 2.24) is 4.98 Å². The minimum Gasteiger partial charge on any atom is -0.410 e. The number of para-hydroxylation sites is 1. The van der Waals surface area contributed by atoms with E-state index < -0.39 is 6.09 Å². The summed E-state index contributed by atoms with van der Waals surface area (Å²) >= 11 is 2.98. The zero-order valence-corrected chi connectivity index (χ0v) is 11.9. The highest BCUT2D eigenvalue weighted by molar-refractivity contribution is 7.16. The molecular formula is C14H10N2O2S2. The first-order valence-electron chi connectivity index (χ1n) is 5.84. The number of hydrogen-bond donors (Lipinski definition) is 1. The van der Waals surface area contributed by atoms with Crippen LogP contribution in [0.5, 0.6) is 5.75 Å². The number of thiophene rings is 1. The van der Waals surface area contributed by atoms with Crippen molar-refractivity contribution in [3.8, 4) is 16.3 Å². The highest BCUT2D eigenvalue weighted by atomic mass is 32.1. The number of benzene rings is 1. The number of rotatable bonds is 3. The largest absolute Gasteiger partial charge is 0.418 e. The molecule has 0 unspecified atom stereocenters. The van der Waals surface area contributed by atoms with Crippen molar-refractivity contribution in [2.75, 3.05) is 5.32 Å². The van der Waals surface area contributed by atoms with Gasteiger partial charge in [0.05, 0.1) is 10.6 Å². The monoisotopic (exact) mass is 302 g/mol. The molecule has 3 rings (SSSR count). The summed E-state index contributed by atoms with van der Waals surface area (Å²) in [5, 5.41) is 7.04. The molecule has 2 heterocycles. The van der Waals surface area contributed by atoms with Gasteiger partial charge in [-0.1, -0.05) is 24.3 Å². The number of carbonyl (C=O) groups is 1. The van der Waals surface area contributed by atoms with Gasteiger partial charge in [0.1, 0.15) is 5.75 Å².